The Morgan fingerprint density at radius 2 is 2.07 bits per heavy atom. The lowest BCUT2D eigenvalue weighted by Crippen LogP contribution is -2.51. The zero-order chi connectivity index (χ0) is 20.1. The number of halogens is 3. The summed E-state index contributed by atoms with van der Waals surface area (Å²) in [5.41, 5.74) is 0.0517. The van der Waals surface area contributed by atoms with Crippen molar-refractivity contribution in [3.63, 3.8) is 0 Å². The van der Waals surface area contributed by atoms with Gasteiger partial charge in [0.15, 0.2) is 5.82 Å². The van der Waals surface area contributed by atoms with Crippen LogP contribution >= 0.6 is 0 Å². The average molecular weight is 399 g/mol. The topological polar surface area (TPSA) is 76.6 Å². The number of alkyl halides is 3. The van der Waals surface area contributed by atoms with Gasteiger partial charge in [0, 0.05) is 19.2 Å². The molecule has 0 N–H and O–H groups in total. The number of hydrogen-bond acceptors (Lipinski definition) is 7. The Balaban J connectivity index is 1.89. The van der Waals surface area contributed by atoms with Crippen LogP contribution in [0.4, 0.5) is 30.8 Å². The highest BCUT2D eigenvalue weighted by Crippen LogP contribution is 2.39. The van der Waals surface area contributed by atoms with Gasteiger partial charge in [-0.05, 0) is 20.3 Å². The van der Waals surface area contributed by atoms with Gasteiger partial charge < -0.3 is 14.2 Å². The molecular weight excluding hydrogens is 379 g/mol. The minimum absolute atomic E-state index is 0.0347. The third kappa shape index (κ3) is 3.03. The summed E-state index contributed by atoms with van der Waals surface area (Å²) in [5, 5.41) is 3.67. The molecule has 4 heterocycles. The molecule has 2 aliphatic heterocycles. The van der Waals surface area contributed by atoms with Gasteiger partial charge in [-0.3, -0.25) is 14.3 Å². The van der Waals surface area contributed by atoms with Gasteiger partial charge in [-0.15, -0.1) is 0 Å². The molecule has 11 heteroatoms. The fraction of sp³-hybridized carbons (Fsp3) is 0.588. The molecule has 0 unspecified atom stereocenters. The molecule has 0 spiro atoms. The van der Waals surface area contributed by atoms with E-state index in [9.17, 15) is 18.0 Å². The fourth-order valence-corrected chi connectivity index (χ4v) is 3.76. The summed E-state index contributed by atoms with van der Waals surface area (Å²) < 4.78 is 52.7. The second-order valence-electron chi connectivity index (χ2n) is 7.01. The van der Waals surface area contributed by atoms with Crippen LogP contribution in [0.3, 0.4) is 0 Å². The van der Waals surface area contributed by atoms with E-state index in [1.54, 1.807) is 6.92 Å². The Morgan fingerprint density at radius 1 is 1.29 bits per heavy atom. The zero-order valence-corrected chi connectivity index (χ0v) is 15.4. The first-order chi connectivity index (χ1) is 13.3. The quantitative estimate of drug-likeness (QED) is 0.767. The molecule has 4 rings (SSSR count). The molecule has 2 atom stereocenters. The Hall–Kier alpha value is -2.56. The maximum absolute atomic E-state index is 13.7. The number of nitrogens with zero attached hydrogens (tertiary/aromatic N) is 5. The van der Waals surface area contributed by atoms with Crippen LogP contribution in [0, 0.1) is 6.92 Å². The maximum atomic E-state index is 13.7. The van der Waals surface area contributed by atoms with Crippen LogP contribution in [0.2, 0.25) is 0 Å². The smallest absolute Gasteiger partial charge is 0.377 e. The Bertz CT molecular complexity index is 912. The van der Waals surface area contributed by atoms with E-state index in [1.807, 2.05) is 11.8 Å². The number of morpholine rings is 1. The van der Waals surface area contributed by atoms with Gasteiger partial charge in [-0.25, -0.2) is 0 Å². The van der Waals surface area contributed by atoms with E-state index >= 15 is 0 Å². The van der Waals surface area contributed by atoms with Gasteiger partial charge in [-0.2, -0.15) is 18.2 Å². The van der Waals surface area contributed by atoms with Crippen LogP contribution in [-0.4, -0.2) is 52.7 Å². The molecule has 152 valence electrons. The fourth-order valence-electron chi connectivity index (χ4n) is 3.76. The van der Waals surface area contributed by atoms with Crippen molar-refractivity contribution in [2.45, 2.75) is 45.1 Å². The van der Waals surface area contributed by atoms with E-state index in [4.69, 9.17) is 9.26 Å². The second-order valence-corrected chi connectivity index (χ2v) is 7.01. The highest BCUT2D eigenvalue weighted by molar-refractivity contribution is 5.59. The molecule has 0 aromatic carbocycles. The van der Waals surface area contributed by atoms with Crippen molar-refractivity contribution in [1.82, 2.24) is 14.7 Å². The van der Waals surface area contributed by atoms with E-state index in [-0.39, 0.29) is 36.3 Å². The molecule has 0 amide bonds. The van der Waals surface area contributed by atoms with Gasteiger partial charge in [-0.1, -0.05) is 5.16 Å². The van der Waals surface area contributed by atoms with Gasteiger partial charge in [0.1, 0.15) is 18.1 Å². The van der Waals surface area contributed by atoms with Crippen molar-refractivity contribution in [3.05, 3.63) is 28.2 Å². The largest absolute Gasteiger partial charge is 0.409 e. The third-order valence-corrected chi connectivity index (χ3v) is 5.19. The average Bonchev–Trinajstić information content (AvgIpc) is 3.18. The number of anilines is 3. The number of hydrogen-bond donors (Lipinski definition) is 0. The van der Waals surface area contributed by atoms with Crippen LogP contribution < -0.4 is 15.4 Å². The molecule has 2 aromatic rings. The summed E-state index contributed by atoms with van der Waals surface area (Å²) in [4.78, 5) is 20.3. The predicted octanol–water partition coefficient (Wildman–Crippen LogP) is 2.24. The lowest BCUT2D eigenvalue weighted by Gasteiger charge is -2.39. The minimum Gasteiger partial charge on any atom is -0.377 e. The molecular formula is C17H20F3N5O3. The molecule has 1 saturated heterocycles. The summed E-state index contributed by atoms with van der Waals surface area (Å²) in [6.45, 7) is 4.92. The predicted molar refractivity (Wildman–Crippen MR) is 94.0 cm³/mol. The van der Waals surface area contributed by atoms with Crippen molar-refractivity contribution in [2.24, 2.45) is 0 Å². The first-order valence-corrected chi connectivity index (χ1v) is 9.01. The molecule has 8 nitrogen and oxygen atoms in total. The summed E-state index contributed by atoms with van der Waals surface area (Å²) >= 11 is 0. The summed E-state index contributed by atoms with van der Waals surface area (Å²) in [5.74, 6) is 0.266. The maximum Gasteiger partial charge on any atom is 0.409 e. The van der Waals surface area contributed by atoms with Gasteiger partial charge >= 0.3 is 6.18 Å². The zero-order valence-electron chi connectivity index (χ0n) is 15.4. The van der Waals surface area contributed by atoms with Crippen LogP contribution in [0.5, 0.6) is 0 Å². The monoisotopic (exact) mass is 399 g/mol. The standard InChI is InChI=1S/C17H20F3N5O3/c1-10-9-27-8-6-23(10)14-11(2)15(26)24-5-3-12(17(18,19)20)25(16(24)21-14)13-4-7-28-22-13/h4,7,10,12H,3,5-6,8-9H2,1-2H3/t10-,12+/m1/s1. The number of fused-ring (bicyclic) bond motifs is 1. The van der Waals surface area contributed by atoms with Gasteiger partial charge in [0.25, 0.3) is 5.56 Å². The molecule has 0 aliphatic carbocycles. The first kappa shape index (κ1) is 18.8. The molecule has 28 heavy (non-hydrogen) atoms. The van der Waals surface area contributed by atoms with Gasteiger partial charge in [0.2, 0.25) is 5.95 Å². The van der Waals surface area contributed by atoms with E-state index < -0.39 is 12.2 Å². The second kappa shape index (κ2) is 6.80. The third-order valence-electron chi connectivity index (χ3n) is 5.19. The number of ether oxygens (including phenoxy) is 1. The van der Waals surface area contributed by atoms with Crippen LogP contribution in [0.15, 0.2) is 21.6 Å². The SMILES string of the molecule is Cc1c(N2CCOC[C@H]2C)nc2n(c1=O)CC[C@@H](C(F)(F)F)N2c1ccon1. The van der Waals surface area contributed by atoms with Crippen molar-refractivity contribution >= 4 is 17.6 Å². The van der Waals surface area contributed by atoms with Crippen LogP contribution in [-0.2, 0) is 11.3 Å². The molecule has 0 saturated carbocycles. The minimum atomic E-state index is -4.51. The van der Waals surface area contributed by atoms with Crippen molar-refractivity contribution in [1.29, 1.82) is 0 Å². The summed E-state index contributed by atoms with van der Waals surface area (Å²) in [6, 6.07) is -0.565. The highest BCUT2D eigenvalue weighted by atomic mass is 19.4. The number of aromatic nitrogens is 3. The Labute approximate surface area is 158 Å². The van der Waals surface area contributed by atoms with E-state index in [2.05, 4.69) is 10.1 Å². The lowest BCUT2D eigenvalue weighted by atomic mass is 10.1. The molecule has 2 aromatic heterocycles. The van der Waals surface area contributed by atoms with E-state index in [0.29, 0.717) is 31.1 Å². The number of rotatable bonds is 2. The Kier molecular flexibility index (Phi) is 4.56. The van der Waals surface area contributed by atoms with Crippen molar-refractivity contribution < 1.29 is 22.4 Å². The molecule has 2 aliphatic rings. The van der Waals surface area contributed by atoms with Gasteiger partial charge in [0.05, 0.1) is 24.8 Å². The molecule has 1 fully saturated rings. The molecule has 0 bridgehead atoms. The van der Waals surface area contributed by atoms with Crippen molar-refractivity contribution in [3.8, 4) is 0 Å². The summed E-state index contributed by atoms with van der Waals surface area (Å²) in [6.07, 6.45) is -3.60. The first-order valence-electron chi connectivity index (χ1n) is 9.01. The molecule has 0 radical (unpaired) electrons. The normalized spacial score (nSPS) is 23.0. The Morgan fingerprint density at radius 3 is 2.71 bits per heavy atom. The van der Waals surface area contributed by atoms with E-state index in [0.717, 1.165) is 4.90 Å². The lowest BCUT2D eigenvalue weighted by molar-refractivity contribution is -0.150. The van der Waals surface area contributed by atoms with E-state index in [1.165, 1.54) is 16.9 Å². The highest BCUT2D eigenvalue weighted by Gasteiger charge is 2.48. The van der Waals surface area contributed by atoms with Crippen molar-refractivity contribution in [2.75, 3.05) is 29.6 Å². The summed E-state index contributed by atoms with van der Waals surface area (Å²) in [7, 11) is 0. The van der Waals surface area contributed by atoms with Crippen LogP contribution in [0.25, 0.3) is 0 Å². The van der Waals surface area contributed by atoms with Crippen LogP contribution in [0.1, 0.15) is 18.9 Å².